The first-order valence-electron chi connectivity index (χ1n) is 7.60. The summed E-state index contributed by atoms with van der Waals surface area (Å²) in [5.74, 6) is -1.51. The quantitative estimate of drug-likeness (QED) is 0.402. The average Bonchev–Trinajstić information content (AvgIpc) is 2.60. The number of nitrogens with one attached hydrogen (secondary N) is 2. The smallest absolute Gasteiger partial charge is 0.329 e. The predicted octanol–water partition coefficient (Wildman–Crippen LogP) is 2.87. The van der Waals surface area contributed by atoms with E-state index in [0.29, 0.717) is 15.7 Å². The van der Waals surface area contributed by atoms with Gasteiger partial charge in [0.1, 0.15) is 0 Å². The number of carbonyl (C=O) groups excluding carboxylic acids is 2. The summed E-state index contributed by atoms with van der Waals surface area (Å²) in [4.78, 5) is 23.7. The van der Waals surface area contributed by atoms with Crippen LogP contribution in [0.4, 0.5) is 5.69 Å². The molecule has 0 aromatic heterocycles. The van der Waals surface area contributed by atoms with Crippen LogP contribution in [-0.4, -0.2) is 30.2 Å². The highest BCUT2D eigenvalue weighted by Crippen LogP contribution is 2.34. The van der Waals surface area contributed by atoms with Crippen LogP contribution in [0, 0.1) is 13.8 Å². The zero-order chi connectivity index (χ0) is 19.3. The summed E-state index contributed by atoms with van der Waals surface area (Å²) in [6.45, 7) is 3.87. The number of hydrogen-bond donors (Lipinski definition) is 3. The van der Waals surface area contributed by atoms with Gasteiger partial charge in [-0.25, -0.2) is 5.43 Å². The number of phenols is 1. The molecule has 0 aliphatic carbocycles. The predicted molar refractivity (Wildman–Crippen MR) is 103 cm³/mol. The van der Waals surface area contributed by atoms with Crippen molar-refractivity contribution in [1.82, 2.24) is 5.43 Å². The van der Waals surface area contributed by atoms with Gasteiger partial charge in [0.25, 0.3) is 0 Å². The number of hydrazone groups is 1. The number of amides is 2. The maximum atomic E-state index is 11.9. The lowest BCUT2D eigenvalue weighted by atomic mass is 10.1. The van der Waals surface area contributed by atoms with E-state index < -0.39 is 11.8 Å². The monoisotopic (exact) mass is 419 g/mol. The molecule has 0 atom stereocenters. The van der Waals surface area contributed by atoms with E-state index in [1.54, 1.807) is 18.2 Å². The van der Waals surface area contributed by atoms with Gasteiger partial charge in [-0.15, -0.1) is 0 Å². The maximum Gasteiger partial charge on any atom is 0.329 e. The van der Waals surface area contributed by atoms with Gasteiger partial charge in [-0.1, -0.05) is 6.07 Å². The van der Waals surface area contributed by atoms with Crippen LogP contribution in [0.5, 0.6) is 11.5 Å². The van der Waals surface area contributed by atoms with Crippen LogP contribution < -0.4 is 15.5 Å². The molecular formula is C18H18BrN3O4. The van der Waals surface area contributed by atoms with E-state index in [2.05, 4.69) is 31.8 Å². The second-order valence-electron chi connectivity index (χ2n) is 5.51. The SMILES string of the molecule is COc1cc(/C=N\NC(=O)C(=O)Nc2ccc(C)c(C)c2)cc(Br)c1O. The highest BCUT2D eigenvalue weighted by molar-refractivity contribution is 9.10. The number of anilines is 1. The van der Waals surface area contributed by atoms with Crippen molar-refractivity contribution in [2.24, 2.45) is 5.10 Å². The number of methoxy groups -OCH3 is 1. The summed E-state index contributed by atoms with van der Waals surface area (Å²) in [7, 11) is 1.42. The molecule has 0 bridgehead atoms. The molecule has 0 unspecified atom stereocenters. The second-order valence-corrected chi connectivity index (χ2v) is 6.36. The number of carbonyl (C=O) groups is 2. The molecule has 0 aliphatic heterocycles. The fraction of sp³-hybridized carbons (Fsp3) is 0.167. The van der Waals surface area contributed by atoms with Crippen LogP contribution in [0.15, 0.2) is 39.9 Å². The molecule has 0 fully saturated rings. The number of rotatable bonds is 4. The number of benzene rings is 2. The molecule has 2 amide bonds. The van der Waals surface area contributed by atoms with Gasteiger partial charge in [0.15, 0.2) is 11.5 Å². The zero-order valence-electron chi connectivity index (χ0n) is 14.5. The Morgan fingerprint density at radius 3 is 2.54 bits per heavy atom. The Kier molecular flexibility index (Phi) is 6.35. The number of nitrogens with zero attached hydrogens (tertiary/aromatic N) is 1. The summed E-state index contributed by atoms with van der Waals surface area (Å²) in [5, 5.41) is 16.0. The van der Waals surface area contributed by atoms with Crippen molar-refractivity contribution in [2.75, 3.05) is 12.4 Å². The minimum absolute atomic E-state index is 0.0403. The fourth-order valence-electron chi connectivity index (χ4n) is 2.05. The fourth-order valence-corrected chi connectivity index (χ4v) is 2.51. The van der Waals surface area contributed by atoms with E-state index >= 15 is 0 Å². The first-order chi connectivity index (χ1) is 12.3. The molecule has 0 radical (unpaired) electrons. The summed E-state index contributed by atoms with van der Waals surface area (Å²) in [5.41, 5.74) is 5.34. The van der Waals surface area contributed by atoms with E-state index in [1.807, 2.05) is 19.9 Å². The third-order valence-electron chi connectivity index (χ3n) is 3.62. The molecule has 0 saturated carbocycles. The number of phenolic OH excluding ortho intramolecular Hbond substituents is 1. The van der Waals surface area contributed by atoms with Crippen molar-refractivity contribution in [1.29, 1.82) is 0 Å². The lowest BCUT2D eigenvalue weighted by Gasteiger charge is -2.07. The van der Waals surface area contributed by atoms with Crippen molar-refractivity contribution in [3.8, 4) is 11.5 Å². The zero-order valence-corrected chi connectivity index (χ0v) is 16.0. The Morgan fingerprint density at radius 1 is 1.15 bits per heavy atom. The van der Waals surface area contributed by atoms with Crippen molar-refractivity contribution < 1.29 is 19.4 Å². The Morgan fingerprint density at radius 2 is 1.88 bits per heavy atom. The molecule has 2 aromatic rings. The van der Waals surface area contributed by atoms with Gasteiger partial charge < -0.3 is 15.2 Å². The van der Waals surface area contributed by atoms with Crippen molar-refractivity contribution in [3.05, 3.63) is 51.5 Å². The van der Waals surface area contributed by atoms with Gasteiger partial charge in [0.2, 0.25) is 0 Å². The van der Waals surface area contributed by atoms with Crippen LogP contribution in [0.1, 0.15) is 16.7 Å². The molecule has 0 saturated heterocycles. The highest BCUT2D eigenvalue weighted by atomic mass is 79.9. The number of hydrogen-bond acceptors (Lipinski definition) is 5. The summed E-state index contributed by atoms with van der Waals surface area (Å²) >= 11 is 3.19. The molecule has 8 heteroatoms. The maximum absolute atomic E-state index is 11.9. The minimum Gasteiger partial charge on any atom is -0.503 e. The van der Waals surface area contributed by atoms with Crippen molar-refractivity contribution >= 4 is 39.6 Å². The second kappa shape index (κ2) is 8.48. The third kappa shape index (κ3) is 4.82. The summed E-state index contributed by atoms with van der Waals surface area (Å²) in [6.07, 6.45) is 1.33. The molecule has 0 heterocycles. The topological polar surface area (TPSA) is 100 Å². The molecule has 136 valence electrons. The van der Waals surface area contributed by atoms with Crippen LogP contribution in [0.2, 0.25) is 0 Å². The van der Waals surface area contributed by atoms with E-state index in [0.717, 1.165) is 11.1 Å². The molecule has 2 aromatic carbocycles. The molecule has 0 spiro atoms. The van der Waals surface area contributed by atoms with Gasteiger partial charge >= 0.3 is 11.8 Å². The van der Waals surface area contributed by atoms with Crippen LogP contribution >= 0.6 is 15.9 Å². The van der Waals surface area contributed by atoms with E-state index in [4.69, 9.17) is 4.74 Å². The Hall–Kier alpha value is -2.87. The van der Waals surface area contributed by atoms with Crippen LogP contribution in [0.25, 0.3) is 0 Å². The van der Waals surface area contributed by atoms with Crippen molar-refractivity contribution in [3.63, 3.8) is 0 Å². The number of aryl methyl sites for hydroxylation is 2. The van der Waals surface area contributed by atoms with Gasteiger partial charge in [-0.3, -0.25) is 9.59 Å². The largest absolute Gasteiger partial charge is 0.503 e. The molecule has 3 N–H and O–H groups in total. The first kappa shape index (κ1) is 19.5. The summed E-state index contributed by atoms with van der Waals surface area (Å²) < 4.78 is 5.44. The lowest BCUT2D eigenvalue weighted by Crippen LogP contribution is -2.32. The lowest BCUT2D eigenvalue weighted by molar-refractivity contribution is -0.136. The summed E-state index contributed by atoms with van der Waals surface area (Å²) in [6, 6.07) is 8.48. The number of ether oxygens (including phenoxy) is 1. The Balaban J connectivity index is 1.99. The molecule has 26 heavy (non-hydrogen) atoms. The standard InChI is InChI=1S/C18H18BrN3O4/c1-10-4-5-13(6-11(10)2)21-17(24)18(25)22-20-9-12-7-14(19)16(23)15(8-12)26-3/h4-9,23H,1-3H3,(H,21,24)(H,22,25)/b20-9-. The van der Waals surface area contributed by atoms with Crippen molar-refractivity contribution in [2.45, 2.75) is 13.8 Å². The van der Waals surface area contributed by atoms with Gasteiger partial charge in [-0.2, -0.15) is 5.10 Å². The number of halogens is 1. The minimum atomic E-state index is -0.899. The van der Waals surface area contributed by atoms with Gasteiger partial charge in [0.05, 0.1) is 17.8 Å². The van der Waals surface area contributed by atoms with Gasteiger partial charge in [0, 0.05) is 5.69 Å². The third-order valence-corrected chi connectivity index (χ3v) is 4.23. The van der Waals surface area contributed by atoms with Crippen LogP contribution in [0.3, 0.4) is 0 Å². The van der Waals surface area contributed by atoms with E-state index in [1.165, 1.54) is 19.4 Å². The van der Waals surface area contributed by atoms with E-state index in [-0.39, 0.29) is 11.5 Å². The van der Waals surface area contributed by atoms with E-state index in [9.17, 15) is 14.7 Å². The average molecular weight is 420 g/mol. The normalized spacial score (nSPS) is 10.6. The molecule has 7 nitrogen and oxygen atoms in total. The first-order valence-corrected chi connectivity index (χ1v) is 8.39. The molecular weight excluding hydrogens is 402 g/mol. The number of aromatic hydroxyl groups is 1. The van der Waals surface area contributed by atoms with Crippen LogP contribution in [-0.2, 0) is 9.59 Å². The van der Waals surface area contributed by atoms with Gasteiger partial charge in [-0.05, 0) is 70.7 Å². The Labute approximate surface area is 159 Å². The molecule has 0 aliphatic rings. The molecule has 2 rings (SSSR count). The highest BCUT2D eigenvalue weighted by Gasteiger charge is 2.13. The Bertz CT molecular complexity index is 881.